The summed E-state index contributed by atoms with van der Waals surface area (Å²) < 4.78 is 0. The predicted octanol–water partition coefficient (Wildman–Crippen LogP) is 2.24. The van der Waals surface area contributed by atoms with Gasteiger partial charge in [-0.3, -0.25) is 9.59 Å². The number of aromatic nitrogens is 1. The van der Waals surface area contributed by atoms with E-state index in [1.165, 1.54) is 0 Å². The van der Waals surface area contributed by atoms with E-state index in [0.29, 0.717) is 19.4 Å². The highest BCUT2D eigenvalue weighted by Crippen LogP contribution is 2.35. The quantitative estimate of drug-likeness (QED) is 0.909. The molecule has 0 radical (unpaired) electrons. The minimum atomic E-state index is -0.227. The van der Waals surface area contributed by atoms with Crippen LogP contribution in [0.3, 0.4) is 0 Å². The maximum absolute atomic E-state index is 12.7. The average molecular weight is 311 g/mol. The molecule has 2 atom stereocenters. The van der Waals surface area contributed by atoms with Gasteiger partial charge < -0.3 is 15.2 Å². The lowest BCUT2D eigenvalue weighted by Gasteiger charge is -2.38. The molecule has 0 aliphatic carbocycles. The summed E-state index contributed by atoms with van der Waals surface area (Å²) in [5.41, 5.74) is 1.97. The van der Waals surface area contributed by atoms with Crippen LogP contribution in [0.4, 0.5) is 0 Å². The molecule has 0 bridgehead atoms. The smallest absolute Gasteiger partial charge is 0.225 e. The van der Waals surface area contributed by atoms with Gasteiger partial charge in [-0.2, -0.15) is 0 Å². The Morgan fingerprint density at radius 2 is 2.04 bits per heavy atom. The van der Waals surface area contributed by atoms with Crippen molar-refractivity contribution >= 4 is 11.8 Å². The van der Waals surface area contributed by atoms with E-state index in [2.05, 4.69) is 10.3 Å². The molecule has 5 heteroatoms. The molecule has 0 saturated carbocycles. The van der Waals surface area contributed by atoms with Gasteiger partial charge in [-0.15, -0.1) is 0 Å². The van der Waals surface area contributed by atoms with Gasteiger partial charge in [0.1, 0.15) is 0 Å². The molecule has 1 aliphatic heterocycles. The maximum atomic E-state index is 12.7. The van der Waals surface area contributed by atoms with E-state index in [-0.39, 0.29) is 23.8 Å². The molecule has 2 amide bonds. The number of hydrogen-bond donors (Lipinski definition) is 2. The number of aromatic amines is 1. The van der Waals surface area contributed by atoms with Crippen LogP contribution in [0.15, 0.2) is 48.7 Å². The Bertz CT molecular complexity index is 667. The molecule has 5 nitrogen and oxygen atoms in total. The highest BCUT2D eigenvalue weighted by Gasteiger charge is 2.38. The number of nitrogens with one attached hydrogen (secondary N) is 2. The molecule has 2 unspecified atom stereocenters. The lowest BCUT2D eigenvalue weighted by Crippen LogP contribution is -2.46. The molecular weight excluding hydrogens is 290 g/mol. The van der Waals surface area contributed by atoms with E-state index in [4.69, 9.17) is 0 Å². The minimum Gasteiger partial charge on any atom is -0.364 e. The Labute approximate surface area is 135 Å². The number of likely N-dealkylation sites (tertiary alicyclic amines) is 1. The number of piperidine rings is 1. The van der Waals surface area contributed by atoms with Crippen molar-refractivity contribution in [1.82, 2.24) is 15.2 Å². The molecule has 2 heterocycles. The second-order valence-corrected chi connectivity index (χ2v) is 5.92. The van der Waals surface area contributed by atoms with E-state index in [9.17, 15) is 9.59 Å². The normalized spacial score (nSPS) is 21.3. The van der Waals surface area contributed by atoms with Crippen molar-refractivity contribution in [3.63, 3.8) is 0 Å². The number of rotatable bonds is 4. The van der Waals surface area contributed by atoms with Gasteiger partial charge in [0, 0.05) is 25.4 Å². The Morgan fingerprint density at radius 1 is 1.26 bits per heavy atom. The number of nitrogens with zero attached hydrogens (tertiary/aromatic N) is 1. The van der Waals surface area contributed by atoms with Crippen molar-refractivity contribution in [2.45, 2.75) is 25.4 Å². The van der Waals surface area contributed by atoms with Crippen molar-refractivity contribution in [3.8, 4) is 0 Å². The van der Waals surface area contributed by atoms with Crippen LogP contribution in [0.2, 0.25) is 0 Å². The molecule has 2 aromatic rings. The first kappa shape index (κ1) is 15.3. The van der Waals surface area contributed by atoms with Gasteiger partial charge in [0.25, 0.3) is 0 Å². The molecule has 1 fully saturated rings. The van der Waals surface area contributed by atoms with Gasteiger partial charge in [-0.05, 0) is 24.1 Å². The zero-order valence-corrected chi connectivity index (χ0v) is 13.2. The summed E-state index contributed by atoms with van der Waals surface area (Å²) in [5, 5.41) is 2.98. The largest absolute Gasteiger partial charge is 0.364 e. The van der Waals surface area contributed by atoms with Crippen LogP contribution in [-0.4, -0.2) is 28.7 Å². The van der Waals surface area contributed by atoms with E-state index in [1.54, 1.807) is 11.9 Å². The lowest BCUT2D eigenvalue weighted by atomic mass is 9.84. The minimum absolute atomic E-state index is 0.00666. The van der Waals surface area contributed by atoms with Gasteiger partial charge >= 0.3 is 0 Å². The Kier molecular flexibility index (Phi) is 4.46. The summed E-state index contributed by atoms with van der Waals surface area (Å²) in [6, 6.07) is 13.4. The Morgan fingerprint density at radius 3 is 2.74 bits per heavy atom. The van der Waals surface area contributed by atoms with Gasteiger partial charge in [-0.25, -0.2) is 0 Å². The molecule has 2 N–H and O–H groups in total. The second kappa shape index (κ2) is 6.69. The molecule has 1 aromatic heterocycles. The first-order valence-electron chi connectivity index (χ1n) is 7.87. The van der Waals surface area contributed by atoms with Crippen molar-refractivity contribution in [2.24, 2.45) is 5.92 Å². The first-order valence-corrected chi connectivity index (χ1v) is 7.87. The predicted molar refractivity (Wildman–Crippen MR) is 87.3 cm³/mol. The number of hydrogen-bond acceptors (Lipinski definition) is 2. The third kappa shape index (κ3) is 3.28. The molecule has 0 spiro atoms. The van der Waals surface area contributed by atoms with E-state index < -0.39 is 0 Å². The van der Waals surface area contributed by atoms with Crippen LogP contribution in [0.25, 0.3) is 0 Å². The molecule has 3 rings (SSSR count). The lowest BCUT2D eigenvalue weighted by molar-refractivity contribution is -0.141. The molecule has 1 saturated heterocycles. The van der Waals surface area contributed by atoms with Crippen LogP contribution in [-0.2, 0) is 16.1 Å². The molecular formula is C18H21N3O2. The van der Waals surface area contributed by atoms with Gasteiger partial charge in [0.05, 0.1) is 18.5 Å². The maximum Gasteiger partial charge on any atom is 0.225 e. The Balaban J connectivity index is 1.77. The highest BCUT2D eigenvalue weighted by atomic mass is 16.2. The van der Waals surface area contributed by atoms with E-state index in [0.717, 1.165) is 11.3 Å². The Hall–Kier alpha value is -2.56. The average Bonchev–Trinajstić information content (AvgIpc) is 3.09. The van der Waals surface area contributed by atoms with Crippen LogP contribution >= 0.6 is 0 Å². The summed E-state index contributed by atoms with van der Waals surface area (Å²) in [5.74, 6) is -0.143. The van der Waals surface area contributed by atoms with Crippen LogP contribution in [0, 0.1) is 5.92 Å². The van der Waals surface area contributed by atoms with E-state index in [1.807, 2.05) is 48.7 Å². The fourth-order valence-corrected chi connectivity index (χ4v) is 3.21. The summed E-state index contributed by atoms with van der Waals surface area (Å²) in [6.45, 7) is 0.474. The number of carbonyl (C=O) groups is 2. The van der Waals surface area contributed by atoms with Gasteiger partial charge in [0.2, 0.25) is 11.8 Å². The summed E-state index contributed by atoms with van der Waals surface area (Å²) in [4.78, 5) is 29.5. The second-order valence-electron chi connectivity index (χ2n) is 5.92. The van der Waals surface area contributed by atoms with Crippen molar-refractivity contribution in [3.05, 3.63) is 59.9 Å². The number of amides is 2. The third-order valence-corrected chi connectivity index (χ3v) is 4.45. The van der Waals surface area contributed by atoms with Crippen LogP contribution in [0.5, 0.6) is 0 Å². The van der Waals surface area contributed by atoms with Crippen molar-refractivity contribution < 1.29 is 9.59 Å². The number of H-pyrrole nitrogens is 1. The first-order chi connectivity index (χ1) is 11.2. The molecule has 120 valence electrons. The SMILES string of the molecule is CN1C(=O)CCC(C(=O)NCc2ccc[nH]2)C1c1ccccc1. The number of benzene rings is 1. The fraction of sp³-hybridized carbons (Fsp3) is 0.333. The molecule has 1 aromatic carbocycles. The summed E-state index contributed by atoms with van der Waals surface area (Å²) in [7, 11) is 1.78. The fourth-order valence-electron chi connectivity index (χ4n) is 3.21. The monoisotopic (exact) mass is 311 g/mol. The van der Waals surface area contributed by atoms with E-state index >= 15 is 0 Å². The van der Waals surface area contributed by atoms with Crippen molar-refractivity contribution in [1.29, 1.82) is 0 Å². The highest BCUT2D eigenvalue weighted by molar-refractivity contribution is 5.84. The standard InChI is InChI=1S/C18H21N3O2/c1-21-16(22)10-9-15(17(21)13-6-3-2-4-7-13)18(23)20-12-14-8-5-11-19-14/h2-8,11,15,17,19H,9-10,12H2,1H3,(H,20,23). The van der Waals surface area contributed by atoms with Crippen LogP contribution < -0.4 is 5.32 Å². The van der Waals surface area contributed by atoms with Crippen LogP contribution in [0.1, 0.15) is 30.1 Å². The topological polar surface area (TPSA) is 65.2 Å². The number of carbonyl (C=O) groups excluding carboxylic acids is 2. The van der Waals surface area contributed by atoms with Gasteiger partial charge in [0.15, 0.2) is 0 Å². The summed E-state index contributed by atoms with van der Waals surface area (Å²) >= 11 is 0. The molecule has 1 aliphatic rings. The zero-order chi connectivity index (χ0) is 16.2. The zero-order valence-electron chi connectivity index (χ0n) is 13.2. The summed E-state index contributed by atoms with van der Waals surface area (Å²) in [6.07, 6.45) is 2.83. The van der Waals surface area contributed by atoms with Gasteiger partial charge in [-0.1, -0.05) is 30.3 Å². The third-order valence-electron chi connectivity index (χ3n) is 4.45. The molecule has 23 heavy (non-hydrogen) atoms. The van der Waals surface area contributed by atoms with Crippen molar-refractivity contribution in [2.75, 3.05) is 7.05 Å².